The van der Waals surface area contributed by atoms with Gasteiger partial charge in [0.2, 0.25) is 5.91 Å². The van der Waals surface area contributed by atoms with Crippen LogP contribution in [-0.2, 0) is 14.3 Å². The molecule has 0 radical (unpaired) electrons. The highest BCUT2D eigenvalue weighted by molar-refractivity contribution is 6.00. The summed E-state index contributed by atoms with van der Waals surface area (Å²) < 4.78 is 4.58. The van der Waals surface area contributed by atoms with E-state index in [1.54, 1.807) is 0 Å². The van der Waals surface area contributed by atoms with Gasteiger partial charge in [-0.05, 0) is 37.8 Å². The SMILES string of the molecule is COC(=O)CCCCCNC(=O)C(C)=C(C)c1ccccc1. The third-order valence-corrected chi connectivity index (χ3v) is 3.68. The van der Waals surface area contributed by atoms with Gasteiger partial charge in [-0.2, -0.15) is 0 Å². The molecular weight excluding hydrogens is 278 g/mol. The quantitative estimate of drug-likeness (QED) is 0.455. The summed E-state index contributed by atoms with van der Waals surface area (Å²) in [5, 5.41) is 2.92. The monoisotopic (exact) mass is 303 g/mol. The van der Waals surface area contributed by atoms with Crippen molar-refractivity contribution < 1.29 is 14.3 Å². The van der Waals surface area contributed by atoms with Gasteiger partial charge in [0.25, 0.3) is 0 Å². The summed E-state index contributed by atoms with van der Waals surface area (Å²) in [5.41, 5.74) is 2.79. The smallest absolute Gasteiger partial charge is 0.305 e. The number of esters is 1. The second-order valence-electron chi connectivity index (χ2n) is 5.26. The molecule has 4 heteroatoms. The third kappa shape index (κ3) is 6.12. The van der Waals surface area contributed by atoms with Crippen molar-refractivity contribution in [3.8, 4) is 0 Å². The molecule has 1 aromatic carbocycles. The average molecular weight is 303 g/mol. The predicted molar refractivity (Wildman–Crippen MR) is 88.2 cm³/mol. The number of carbonyl (C=O) groups excluding carboxylic acids is 2. The number of amides is 1. The number of benzene rings is 1. The molecule has 0 unspecified atom stereocenters. The van der Waals surface area contributed by atoms with Crippen LogP contribution in [-0.4, -0.2) is 25.5 Å². The number of ether oxygens (including phenoxy) is 1. The molecular formula is C18H25NO3. The number of allylic oxidation sites excluding steroid dienone is 1. The highest BCUT2D eigenvalue weighted by atomic mass is 16.5. The molecule has 4 nitrogen and oxygen atoms in total. The lowest BCUT2D eigenvalue weighted by molar-refractivity contribution is -0.140. The maximum absolute atomic E-state index is 12.1. The van der Waals surface area contributed by atoms with E-state index in [0.717, 1.165) is 36.0 Å². The first-order valence-corrected chi connectivity index (χ1v) is 7.64. The first-order valence-electron chi connectivity index (χ1n) is 7.64. The zero-order valence-corrected chi connectivity index (χ0v) is 13.6. The predicted octanol–water partition coefficient (Wildman–Crippen LogP) is 3.33. The topological polar surface area (TPSA) is 55.4 Å². The van der Waals surface area contributed by atoms with E-state index in [-0.39, 0.29) is 11.9 Å². The molecule has 0 fully saturated rings. The Kier molecular flexibility index (Phi) is 7.97. The zero-order valence-electron chi connectivity index (χ0n) is 13.6. The molecule has 0 heterocycles. The Balaban J connectivity index is 2.34. The van der Waals surface area contributed by atoms with Crippen molar-refractivity contribution in [2.24, 2.45) is 0 Å². The lowest BCUT2D eigenvalue weighted by Gasteiger charge is -2.09. The van der Waals surface area contributed by atoms with Crippen LogP contribution in [0.25, 0.3) is 5.57 Å². The molecule has 1 aromatic rings. The number of hydrogen-bond acceptors (Lipinski definition) is 3. The molecule has 1 rings (SSSR count). The van der Waals surface area contributed by atoms with Gasteiger partial charge >= 0.3 is 5.97 Å². The minimum atomic E-state index is -0.179. The fourth-order valence-electron chi connectivity index (χ4n) is 2.08. The van der Waals surface area contributed by atoms with E-state index < -0.39 is 0 Å². The van der Waals surface area contributed by atoms with Crippen LogP contribution in [0.3, 0.4) is 0 Å². The van der Waals surface area contributed by atoms with Crippen LogP contribution in [0.1, 0.15) is 45.1 Å². The fourth-order valence-corrected chi connectivity index (χ4v) is 2.08. The second-order valence-corrected chi connectivity index (χ2v) is 5.26. The van der Waals surface area contributed by atoms with Gasteiger partial charge in [0.05, 0.1) is 7.11 Å². The van der Waals surface area contributed by atoms with Gasteiger partial charge in [0.1, 0.15) is 0 Å². The minimum Gasteiger partial charge on any atom is -0.469 e. The van der Waals surface area contributed by atoms with Crippen LogP contribution >= 0.6 is 0 Å². The Bertz CT molecular complexity index is 520. The van der Waals surface area contributed by atoms with Crippen molar-refractivity contribution in [1.82, 2.24) is 5.32 Å². The number of hydrogen-bond donors (Lipinski definition) is 1. The Labute approximate surface area is 132 Å². The van der Waals surface area contributed by atoms with E-state index >= 15 is 0 Å². The Morgan fingerprint density at radius 1 is 1.05 bits per heavy atom. The molecule has 0 spiro atoms. The Morgan fingerprint density at radius 3 is 2.36 bits per heavy atom. The molecule has 120 valence electrons. The molecule has 0 aromatic heterocycles. The second kappa shape index (κ2) is 9.77. The van der Waals surface area contributed by atoms with Gasteiger partial charge in [-0.3, -0.25) is 9.59 Å². The number of unbranched alkanes of at least 4 members (excludes halogenated alkanes) is 2. The Morgan fingerprint density at radius 2 is 1.73 bits per heavy atom. The van der Waals surface area contributed by atoms with Crippen LogP contribution in [0.4, 0.5) is 0 Å². The maximum atomic E-state index is 12.1. The van der Waals surface area contributed by atoms with E-state index in [4.69, 9.17) is 0 Å². The Hall–Kier alpha value is -2.10. The first-order chi connectivity index (χ1) is 10.6. The summed E-state index contributed by atoms with van der Waals surface area (Å²) in [6, 6.07) is 9.88. The molecule has 0 atom stereocenters. The van der Waals surface area contributed by atoms with Gasteiger partial charge in [0.15, 0.2) is 0 Å². The van der Waals surface area contributed by atoms with Gasteiger partial charge < -0.3 is 10.1 Å². The maximum Gasteiger partial charge on any atom is 0.305 e. The molecule has 0 saturated heterocycles. The highest BCUT2D eigenvalue weighted by Gasteiger charge is 2.08. The molecule has 22 heavy (non-hydrogen) atoms. The normalized spacial score (nSPS) is 11.6. The molecule has 0 aliphatic heterocycles. The molecule has 0 aliphatic rings. The van der Waals surface area contributed by atoms with Crippen molar-refractivity contribution in [3.05, 3.63) is 41.5 Å². The third-order valence-electron chi connectivity index (χ3n) is 3.68. The van der Waals surface area contributed by atoms with Gasteiger partial charge in [-0.1, -0.05) is 36.8 Å². The van der Waals surface area contributed by atoms with Crippen LogP contribution < -0.4 is 5.32 Å². The number of nitrogens with one attached hydrogen (secondary N) is 1. The van der Waals surface area contributed by atoms with E-state index in [0.29, 0.717) is 13.0 Å². The van der Waals surface area contributed by atoms with Gasteiger partial charge in [-0.25, -0.2) is 0 Å². The van der Waals surface area contributed by atoms with Crippen molar-refractivity contribution in [3.63, 3.8) is 0 Å². The lowest BCUT2D eigenvalue weighted by atomic mass is 10.0. The van der Waals surface area contributed by atoms with E-state index in [2.05, 4.69) is 10.1 Å². The van der Waals surface area contributed by atoms with E-state index in [9.17, 15) is 9.59 Å². The average Bonchev–Trinajstić information content (AvgIpc) is 2.56. The summed E-state index contributed by atoms with van der Waals surface area (Å²) in [7, 11) is 1.40. The number of methoxy groups -OCH3 is 1. The number of carbonyl (C=O) groups is 2. The van der Waals surface area contributed by atoms with Crippen molar-refractivity contribution in [1.29, 1.82) is 0 Å². The largest absolute Gasteiger partial charge is 0.469 e. The molecule has 0 saturated carbocycles. The van der Waals surface area contributed by atoms with E-state index in [1.165, 1.54) is 7.11 Å². The summed E-state index contributed by atoms with van der Waals surface area (Å²) in [6.07, 6.45) is 2.99. The summed E-state index contributed by atoms with van der Waals surface area (Å²) >= 11 is 0. The molecule has 0 aliphatic carbocycles. The zero-order chi connectivity index (χ0) is 16.4. The van der Waals surface area contributed by atoms with Crippen molar-refractivity contribution in [2.75, 3.05) is 13.7 Å². The summed E-state index contributed by atoms with van der Waals surface area (Å²) in [4.78, 5) is 23.1. The van der Waals surface area contributed by atoms with Crippen LogP contribution in [0.2, 0.25) is 0 Å². The standard InChI is InChI=1S/C18H25NO3/c1-14(16-10-6-4-7-11-16)15(2)18(21)19-13-9-5-8-12-17(20)22-3/h4,6-7,10-11H,5,8-9,12-13H2,1-3H3,(H,19,21). The van der Waals surface area contributed by atoms with Crippen molar-refractivity contribution in [2.45, 2.75) is 39.5 Å². The van der Waals surface area contributed by atoms with Gasteiger partial charge in [-0.15, -0.1) is 0 Å². The van der Waals surface area contributed by atoms with E-state index in [1.807, 2.05) is 44.2 Å². The van der Waals surface area contributed by atoms with Gasteiger partial charge in [0, 0.05) is 18.5 Å². The lowest BCUT2D eigenvalue weighted by Crippen LogP contribution is -2.25. The van der Waals surface area contributed by atoms with Crippen LogP contribution in [0.5, 0.6) is 0 Å². The highest BCUT2D eigenvalue weighted by Crippen LogP contribution is 2.17. The van der Waals surface area contributed by atoms with Crippen LogP contribution in [0, 0.1) is 0 Å². The minimum absolute atomic E-state index is 0.0330. The number of rotatable bonds is 8. The summed E-state index contributed by atoms with van der Waals surface area (Å²) in [6.45, 7) is 4.43. The fraction of sp³-hybridized carbons (Fsp3) is 0.444. The van der Waals surface area contributed by atoms with Crippen molar-refractivity contribution >= 4 is 17.4 Å². The molecule has 1 N–H and O–H groups in total. The molecule has 1 amide bonds. The summed E-state index contributed by atoms with van der Waals surface area (Å²) in [5.74, 6) is -0.212. The van der Waals surface area contributed by atoms with Crippen LogP contribution in [0.15, 0.2) is 35.9 Å². The first kappa shape index (κ1) is 18.0. The molecule has 0 bridgehead atoms.